The molecule has 7 heteroatoms. The predicted octanol–water partition coefficient (Wildman–Crippen LogP) is 2.13. The quantitative estimate of drug-likeness (QED) is 0.650. The van der Waals surface area contributed by atoms with Crippen molar-refractivity contribution < 1.29 is 9.59 Å². The fourth-order valence-electron chi connectivity index (χ4n) is 1.50. The average Bonchev–Trinajstić information content (AvgIpc) is 2.92. The van der Waals surface area contributed by atoms with Gasteiger partial charge in [0.05, 0.1) is 5.25 Å². The van der Waals surface area contributed by atoms with E-state index in [2.05, 4.69) is 20.5 Å². The lowest BCUT2D eigenvalue weighted by Gasteiger charge is -2.10. The lowest BCUT2D eigenvalue weighted by Crippen LogP contribution is -2.22. The molecule has 2 aromatic rings. The largest absolute Gasteiger partial charge is 0.325 e. The summed E-state index contributed by atoms with van der Waals surface area (Å²) in [5.41, 5.74) is 1.28. The van der Waals surface area contributed by atoms with Gasteiger partial charge in [-0.1, -0.05) is 11.8 Å². The number of ketones is 1. The zero-order chi connectivity index (χ0) is 14.5. The third kappa shape index (κ3) is 3.67. The fraction of sp³-hybridized carbons (Fsp3) is 0.231. The molecular formula is C13H14N4O2S. The molecule has 0 aliphatic carbocycles. The number of hydrogen-bond donors (Lipinski definition) is 2. The van der Waals surface area contributed by atoms with Crippen LogP contribution in [0, 0.1) is 0 Å². The van der Waals surface area contributed by atoms with Gasteiger partial charge in [0.15, 0.2) is 10.9 Å². The van der Waals surface area contributed by atoms with Gasteiger partial charge in [0, 0.05) is 11.3 Å². The topological polar surface area (TPSA) is 87.7 Å². The van der Waals surface area contributed by atoms with Gasteiger partial charge in [0.25, 0.3) is 0 Å². The number of amides is 1. The van der Waals surface area contributed by atoms with Crippen LogP contribution in [-0.4, -0.2) is 32.1 Å². The first-order valence-corrected chi connectivity index (χ1v) is 6.88. The Bertz CT molecular complexity index is 595. The van der Waals surface area contributed by atoms with Crippen LogP contribution in [0.5, 0.6) is 0 Å². The highest BCUT2D eigenvalue weighted by molar-refractivity contribution is 8.00. The van der Waals surface area contributed by atoms with Crippen LogP contribution in [0.15, 0.2) is 35.7 Å². The molecule has 0 unspecified atom stereocenters. The third-order valence-electron chi connectivity index (χ3n) is 2.61. The van der Waals surface area contributed by atoms with Crippen LogP contribution < -0.4 is 5.32 Å². The molecule has 1 aromatic carbocycles. The standard InChI is InChI=1S/C13H14N4O2S/c1-8(18)10-3-5-11(6-4-10)16-12(19)9(2)20-13-14-7-15-17-13/h3-7,9H,1-2H3,(H,16,19)(H,14,15,17)/t9-/m0/s1. The van der Waals surface area contributed by atoms with Crippen molar-refractivity contribution in [1.82, 2.24) is 15.2 Å². The second kappa shape index (κ2) is 6.33. The van der Waals surface area contributed by atoms with Gasteiger partial charge in [-0.3, -0.25) is 14.7 Å². The molecule has 1 atom stereocenters. The highest BCUT2D eigenvalue weighted by atomic mass is 32.2. The summed E-state index contributed by atoms with van der Waals surface area (Å²) >= 11 is 1.29. The highest BCUT2D eigenvalue weighted by Gasteiger charge is 2.16. The second-order valence-electron chi connectivity index (χ2n) is 4.17. The van der Waals surface area contributed by atoms with Crippen molar-refractivity contribution >= 4 is 29.1 Å². The van der Waals surface area contributed by atoms with Crippen LogP contribution >= 0.6 is 11.8 Å². The molecule has 0 aliphatic heterocycles. The predicted molar refractivity (Wildman–Crippen MR) is 76.8 cm³/mol. The number of carbonyl (C=O) groups excluding carboxylic acids is 2. The molecular weight excluding hydrogens is 276 g/mol. The lowest BCUT2D eigenvalue weighted by atomic mass is 10.1. The first kappa shape index (κ1) is 14.3. The maximum Gasteiger partial charge on any atom is 0.237 e. The number of thioether (sulfide) groups is 1. The van der Waals surface area contributed by atoms with Gasteiger partial charge in [-0.25, -0.2) is 4.98 Å². The Hall–Kier alpha value is -2.15. The Morgan fingerprint density at radius 3 is 2.55 bits per heavy atom. The number of nitrogens with one attached hydrogen (secondary N) is 2. The molecule has 0 bridgehead atoms. The smallest absolute Gasteiger partial charge is 0.237 e. The normalized spacial score (nSPS) is 11.9. The van der Waals surface area contributed by atoms with Gasteiger partial charge in [0.2, 0.25) is 5.91 Å². The SMILES string of the molecule is CC(=O)c1ccc(NC(=O)[C@H](C)Sc2ncn[nH]2)cc1. The first-order chi connectivity index (χ1) is 9.56. The number of hydrogen-bond acceptors (Lipinski definition) is 5. The number of aromatic amines is 1. The number of carbonyl (C=O) groups is 2. The summed E-state index contributed by atoms with van der Waals surface area (Å²) in [6.45, 7) is 3.29. The Morgan fingerprint density at radius 1 is 1.30 bits per heavy atom. The minimum absolute atomic E-state index is 0.00267. The van der Waals surface area contributed by atoms with Gasteiger partial charge in [-0.2, -0.15) is 5.10 Å². The number of rotatable bonds is 5. The molecule has 0 fully saturated rings. The van der Waals surface area contributed by atoms with Gasteiger partial charge in [-0.05, 0) is 38.1 Å². The number of Topliss-reactive ketones (excluding diaryl/α,β-unsaturated/α-hetero) is 1. The summed E-state index contributed by atoms with van der Waals surface area (Å²) in [5, 5.41) is 9.49. The van der Waals surface area contributed by atoms with E-state index in [-0.39, 0.29) is 16.9 Å². The molecule has 0 saturated heterocycles. The third-order valence-corrected chi connectivity index (χ3v) is 3.60. The summed E-state index contributed by atoms with van der Waals surface area (Å²) in [6.07, 6.45) is 1.40. The zero-order valence-corrected chi connectivity index (χ0v) is 11.9. The Labute approximate surface area is 120 Å². The van der Waals surface area contributed by atoms with Crippen LogP contribution in [0.1, 0.15) is 24.2 Å². The second-order valence-corrected chi connectivity index (χ2v) is 5.50. The van der Waals surface area contributed by atoms with E-state index in [9.17, 15) is 9.59 Å². The Kier molecular flexibility index (Phi) is 4.52. The van der Waals surface area contributed by atoms with Crippen LogP contribution in [0.2, 0.25) is 0 Å². The molecule has 1 heterocycles. The minimum atomic E-state index is -0.310. The molecule has 1 amide bonds. The lowest BCUT2D eigenvalue weighted by molar-refractivity contribution is -0.115. The zero-order valence-electron chi connectivity index (χ0n) is 11.1. The van der Waals surface area contributed by atoms with Gasteiger partial charge in [0.1, 0.15) is 6.33 Å². The van der Waals surface area contributed by atoms with Gasteiger partial charge < -0.3 is 5.32 Å². The molecule has 0 saturated carbocycles. The van der Waals surface area contributed by atoms with Crippen molar-refractivity contribution in [1.29, 1.82) is 0 Å². The van der Waals surface area contributed by atoms with E-state index in [0.29, 0.717) is 16.4 Å². The van der Waals surface area contributed by atoms with Crippen LogP contribution in [0.3, 0.4) is 0 Å². The summed E-state index contributed by atoms with van der Waals surface area (Å²) in [7, 11) is 0. The van der Waals surface area contributed by atoms with Crippen LogP contribution in [-0.2, 0) is 4.79 Å². The maximum absolute atomic E-state index is 12.0. The van der Waals surface area contributed by atoms with Crippen LogP contribution in [0.4, 0.5) is 5.69 Å². The average molecular weight is 290 g/mol. The number of benzene rings is 1. The number of nitrogens with zero attached hydrogens (tertiary/aromatic N) is 2. The highest BCUT2D eigenvalue weighted by Crippen LogP contribution is 2.20. The van der Waals surface area contributed by atoms with E-state index >= 15 is 0 Å². The minimum Gasteiger partial charge on any atom is -0.325 e. The van der Waals surface area contributed by atoms with E-state index in [4.69, 9.17) is 0 Å². The van der Waals surface area contributed by atoms with Crippen molar-refractivity contribution in [2.75, 3.05) is 5.32 Å². The van der Waals surface area contributed by atoms with Gasteiger partial charge in [-0.15, -0.1) is 0 Å². The van der Waals surface area contributed by atoms with Crippen LogP contribution in [0.25, 0.3) is 0 Å². The summed E-state index contributed by atoms with van der Waals surface area (Å²) in [5.74, 6) is -0.140. The molecule has 1 aromatic heterocycles. The van der Waals surface area contributed by atoms with E-state index < -0.39 is 0 Å². The van der Waals surface area contributed by atoms with Crippen molar-refractivity contribution in [3.05, 3.63) is 36.2 Å². The summed E-state index contributed by atoms with van der Waals surface area (Å²) in [6, 6.07) is 6.79. The molecule has 2 rings (SSSR count). The summed E-state index contributed by atoms with van der Waals surface area (Å²) in [4.78, 5) is 27.1. The molecule has 104 valence electrons. The maximum atomic E-state index is 12.0. The number of anilines is 1. The van der Waals surface area contributed by atoms with Crippen molar-refractivity contribution in [2.45, 2.75) is 24.3 Å². The fourth-order valence-corrected chi connectivity index (χ4v) is 2.22. The molecule has 2 N–H and O–H groups in total. The molecule has 20 heavy (non-hydrogen) atoms. The number of aromatic nitrogens is 3. The van der Waals surface area contributed by atoms with Crippen molar-refractivity contribution in [3.63, 3.8) is 0 Å². The molecule has 0 aliphatic rings. The van der Waals surface area contributed by atoms with Crippen molar-refractivity contribution in [3.8, 4) is 0 Å². The van der Waals surface area contributed by atoms with Gasteiger partial charge >= 0.3 is 0 Å². The summed E-state index contributed by atoms with van der Waals surface area (Å²) < 4.78 is 0. The Balaban J connectivity index is 1.95. The monoisotopic (exact) mass is 290 g/mol. The molecule has 6 nitrogen and oxygen atoms in total. The molecule has 0 spiro atoms. The van der Waals surface area contributed by atoms with E-state index in [1.807, 2.05) is 0 Å². The first-order valence-electron chi connectivity index (χ1n) is 6.00. The molecule has 0 radical (unpaired) electrons. The Morgan fingerprint density at radius 2 is 2.00 bits per heavy atom. The van der Waals surface area contributed by atoms with E-state index in [1.54, 1.807) is 31.2 Å². The van der Waals surface area contributed by atoms with Crippen molar-refractivity contribution in [2.24, 2.45) is 0 Å². The van der Waals surface area contributed by atoms with E-state index in [1.165, 1.54) is 25.0 Å². The van der Waals surface area contributed by atoms with E-state index in [0.717, 1.165) is 0 Å². The number of H-pyrrole nitrogens is 1.